The summed E-state index contributed by atoms with van der Waals surface area (Å²) in [6.45, 7) is 6.62. The molecule has 22 heavy (non-hydrogen) atoms. The monoisotopic (exact) mass is 294 g/mol. The number of aromatic carboxylic acids is 1. The lowest BCUT2D eigenvalue weighted by Crippen LogP contribution is -2.21. The van der Waals surface area contributed by atoms with E-state index in [9.17, 15) is 9.90 Å². The molecule has 0 atom stereocenters. The predicted octanol–water partition coefficient (Wildman–Crippen LogP) is 4.93. The molecule has 0 bridgehead atoms. The Labute approximate surface area is 132 Å². The highest BCUT2D eigenvalue weighted by Crippen LogP contribution is 2.46. The molecule has 0 aromatic heterocycles. The first-order valence-electron chi connectivity index (χ1n) is 7.57. The fraction of sp³-hybridized carbons (Fsp3) is 0.350. The number of hydrogen-bond donors (Lipinski definition) is 1. The Morgan fingerprint density at radius 3 is 2.64 bits per heavy atom. The molecule has 0 aliphatic heterocycles. The van der Waals surface area contributed by atoms with E-state index in [2.05, 4.69) is 26.7 Å². The van der Waals surface area contributed by atoms with Crippen LogP contribution in [0.15, 0.2) is 41.5 Å². The van der Waals surface area contributed by atoms with Crippen molar-refractivity contribution >= 4 is 11.5 Å². The zero-order valence-corrected chi connectivity index (χ0v) is 13.4. The van der Waals surface area contributed by atoms with Crippen LogP contribution < -0.4 is 0 Å². The third kappa shape index (κ3) is 3.14. The molecule has 0 radical (unpaired) electrons. The molecule has 0 fully saturated rings. The van der Waals surface area contributed by atoms with Crippen molar-refractivity contribution in [3.05, 3.63) is 52.6 Å². The van der Waals surface area contributed by atoms with E-state index in [-0.39, 0.29) is 11.0 Å². The first kappa shape index (κ1) is 16.1. The SMILES string of the molecule is C#C/C=C(/C1=C(C)CCCC1(C)C)c1cccc(C(=O)O)c1. The van der Waals surface area contributed by atoms with Crippen LogP contribution in [-0.4, -0.2) is 11.1 Å². The number of rotatable bonds is 3. The molecular weight excluding hydrogens is 272 g/mol. The van der Waals surface area contributed by atoms with Gasteiger partial charge in [-0.1, -0.05) is 37.5 Å². The zero-order valence-electron chi connectivity index (χ0n) is 13.4. The molecule has 1 aromatic carbocycles. The van der Waals surface area contributed by atoms with Crippen molar-refractivity contribution in [1.29, 1.82) is 0 Å². The normalized spacial score (nSPS) is 18.0. The summed E-state index contributed by atoms with van der Waals surface area (Å²) in [6.07, 6.45) is 10.7. The third-order valence-corrected chi connectivity index (χ3v) is 4.37. The Morgan fingerprint density at radius 1 is 1.36 bits per heavy atom. The summed E-state index contributed by atoms with van der Waals surface area (Å²) < 4.78 is 0. The van der Waals surface area contributed by atoms with Gasteiger partial charge in [-0.3, -0.25) is 0 Å². The van der Waals surface area contributed by atoms with Gasteiger partial charge in [0.15, 0.2) is 0 Å². The summed E-state index contributed by atoms with van der Waals surface area (Å²) in [7, 11) is 0. The van der Waals surface area contributed by atoms with E-state index in [1.807, 2.05) is 6.07 Å². The molecule has 114 valence electrons. The first-order valence-corrected chi connectivity index (χ1v) is 7.57. The maximum absolute atomic E-state index is 11.2. The minimum atomic E-state index is -0.921. The molecule has 2 rings (SSSR count). The lowest BCUT2D eigenvalue weighted by atomic mass is 9.69. The van der Waals surface area contributed by atoms with E-state index >= 15 is 0 Å². The largest absolute Gasteiger partial charge is 0.478 e. The van der Waals surface area contributed by atoms with E-state index in [1.54, 1.807) is 24.3 Å². The molecule has 0 spiro atoms. The Hall–Kier alpha value is -2.27. The van der Waals surface area contributed by atoms with Gasteiger partial charge >= 0.3 is 5.97 Å². The number of hydrogen-bond acceptors (Lipinski definition) is 1. The molecule has 0 unspecified atom stereocenters. The Morgan fingerprint density at radius 2 is 2.05 bits per heavy atom. The number of allylic oxidation sites excluding steroid dienone is 4. The fourth-order valence-corrected chi connectivity index (χ4v) is 3.42. The average Bonchev–Trinajstić information content (AvgIpc) is 2.45. The first-order chi connectivity index (χ1) is 10.4. The van der Waals surface area contributed by atoms with Crippen LogP contribution in [0.4, 0.5) is 0 Å². The Bertz CT molecular complexity index is 697. The maximum atomic E-state index is 11.2. The third-order valence-electron chi connectivity index (χ3n) is 4.37. The highest BCUT2D eigenvalue weighted by molar-refractivity contribution is 5.91. The smallest absolute Gasteiger partial charge is 0.335 e. The van der Waals surface area contributed by atoms with Crippen LogP contribution in [0.25, 0.3) is 5.57 Å². The van der Waals surface area contributed by atoms with Gasteiger partial charge < -0.3 is 5.11 Å². The molecular formula is C20H22O2. The summed E-state index contributed by atoms with van der Waals surface area (Å²) in [6, 6.07) is 7.01. The van der Waals surface area contributed by atoms with Gasteiger partial charge in [0, 0.05) is 0 Å². The van der Waals surface area contributed by atoms with Crippen LogP contribution >= 0.6 is 0 Å². The number of carboxylic acid groups (broad SMARTS) is 1. The van der Waals surface area contributed by atoms with Crippen molar-refractivity contribution in [1.82, 2.24) is 0 Å². The highest BCUT2D eigenvalue weighted by atomic mass is 16.4. The van der Waals surface area contributed by atoms with E-state index in [0.29, 0.717) is 0 Å². The number of benzene rings is 1. The molecule has 1 aliphatic rings. The summed E-state index contributed by atoms with van der Waals surface area (Å²) >= 11 is 0. The number of carbonyl (C=O) groups is 1. The van der Waals surface area contributed by atoms with Crippen molar-refractivity contribution in [3.8, 4) is 12.3 Å². The van der Waals surface area contributed by atoms with Crippen LogP contribution in [-0.2, 0) is 0 Å². The average molecular weight is 294 g/mol. The minimum Gasteiger partial charge on any atom is -0.478 e. The van der Waals surface area contributed by atoms with E-state index in [1.165, 1.54) is 17.6 Å². The van der Waals surface area contributed by atoms with Crippen molar-refractivity contribution in [2.75, 3.05) is 0 Å². The van der Waals surface area contributed by atoms with Crippen molar-refractivity contribution in [3.63, 3.8) is 0 Å². The fourth-order valence-electron chi connectivity index (χ4n) is 3.42. The van der Waals surface area contributed by atoms with E-state index < -0.39 is 5.97 Å². The predicted molar refractivity (Wildman–Crippen MR) is 90.5 cm³/mol. The molecule has 0 amide bonds. The molecule has 1 aliphatic carbocycles. The van der Waals surface area contributed by atoms with Gasteiger partial charge in [0.25, 0.3) is 0 Å². The lowest BCUT2D eigenvalue weighted by Gasteiger charge is -2.36. The standard InChI is InChI=1S/C20H22O2/c1-5-8-17(15-10-6-11-16(13-15)19(21)22)18-14(2)9-7-12-20(18,3)4/h1,6,8,10-11,13H,7,9,12H2,2-4H3,(H,21,22)/b17-8+. The molecule has 0 saturated carbocycles. The molecule has 1 N–H and O–H groups in total. The second-order valence-corrected chi connectivity index (χ2v) is 6.50. The van der Waals surface area contributed by atoms with E-state index in [0.717, 1.165) is 24.0 Å². The molecule has 0 heterocycles. The lowest BCUT2D eigenvalue weighted by molar-refractivity contribution is 0.0697. The summed E-state index contributed by atoms with van der Waals surface area (Å²) in [5.74, 6) is 1.71. The Kier molecular flexibility index (Phi) is 4.56. The summed E-state index contributed by atoms with van der Waals surface area (Å²) in [5, 5.41) is 9.21. The number of terminal acetylenes is 1. The second kappa shape index (κ2) is 6.23. The van der Waals surface area contributed by atoms with Gasteiger partial charge in [0.2, 0.25) is 0 Å². The molecule has 1 aromatic rings. The van der Waals surface area contributed by atoms with Gasteiger partial charge in [-0.05, 0) is 66.5 Å². The quantitative estimate of drug-likeness (QED) is 0.803. The van der Waals surface area contributed by atoms with Crippen LogP contribution in [0.1, 0.15) is 56.0 Å². The topological polar surface area (TPSA) is 37.3 Å². The molecule has 0 saturated heterocycles. The molecule has 2 nitrogen and oxygen atoms in total. The maximum Gasteiger partial charge on any atom is 0.335 e. The highest BCUT2D eigenvalue weighted by Gasteiger charge is 2.31. The minimum absolute atomic E-state index is 0.0459. The van der Waals surface area contributed by atoms with Crippen molar-refractivity contribution in [2.45, 2.75) is 40.0 Å². The van der Waals surface area contributed by atoms with Gasteiger partial charge in [-0.15, -0.1) is 6.42 Å². The van der Waals surface area contributed by atoms with Gasteiger partial charge in [0.05, 0.1) is 5.56 Å². The zero-order chi connectivity index (χ0) is 16.3. The van der Waals surface area contributed by atoms with Gasteiger partial charge in [-0.2, -0.15) is 0 Å². The van der Waals surface area contributed by atoms with Gasteiger partial charge in [-0.25, -0.2) is 4.79 Å². The van der Waals surface area contributed by atoms with Crippen LogP contribution in [0.5, 0.6) is 0 Å². The summed E-state index contributed by atoms with van der Waals surface area (Å²) in [5.41, 5.74) is 4.80. The Balaban J connectivity index is 2.62. The van der Waals surface area contributed by atoms with Crippen molar-refractivity contribution < 1.29 is 9.90 Å². The second-order valence-electron chi connectivity index (χ2n) is 6.50. The van der Waals surface area contributed by atoms with Crippen LogP contribution in [0.2, 0.25) is 0 Å². The summed E-state index contributed by atoms with van der Waals surface area (Å²) in [4.78, 5) is 11.2. The van der Waals surface area contributed by atoms with Crippen LogP contribution in [0, 0.1) is 17.8 Å². The van der Waals surface area contributed by atoms with Crippen molar-refractivity contribution in [2.24, 2.45) is 5.41 Å². The molecule has 2 heteroatoms. The van der Waals surface area contributed by atoms with Gasteiger partial charge in [0.1, 0.15) is 0 Å². The van der Waals surface area contributed by atoms with E-state index in [4.69, 9.17) is 6.42 Å². The van der Waals surface area contributed by atoms with Crippen LogP contribution in [0.3, 0.4) is 0 Å². The number of carboxylic acids is 1.